The number of thiophene rings is 1. The van der Waals surface area contributed by atoms with Crippen LogP contribution in [-0.4, -0.2) is 54.8 Å². The molecule has 0 aromatic carbocycles. The first-order valence-corrected chi connectivity index (χ1v) is 11.4. The molecule has 8 nitrogen and oxygen atoms in total. The van der Waals surface area contributed by atoms with E-state index < -0.39 is 0 Å². The maximum absolute atomic E-state index is 12.4. The summed E-state index contributed by atoms with van der Waals surface area (Å²) >= 11 is 1.43. The number of morpholine rings is 1. The zero-order chi connectivity index (χ0) is 22.3. The number of anilines is 1. The summed E-state index contributed by atoms with van der Waals surface area (Å²) in [6, 6.07) is 5.90. The lowest BCUT2D eigenvalue weighted by atomic mass is 9.88. The van der Waals surface area contributed by atoms with E-state index in [-0.39, 0.29) is 17.9 Å². The van der Waals surface area contributed by atoms with E-state index in [1.807, 2.05) is 6.07 Å². The van der Waals surface area contributed by atoms with Crippen molar-refractivity contribution in [1.29, 1.82) is 5.26 Å². The fraction of sp³-hybridized carbons (Fsp3) is 0.391. The molecule has 0 radical (unpaired) electrons. The van der Waals surface area contributed by atoms with Crippen LogP contribution in [0, 0.1) is 17.2 Å². The van der Waals surface area contributed by atoms with Gasteiger partial charge in [-0.25, -0.2) is 4.79 Å². The highest BCUT2D eigenvalue weighted by Gasteiger charge is 2.28. The highest BCUT2D eigenvalue weighted by atomic mass is 32.1. The molecule has 2 aromatic heterocycles. The van der Waals surface area contributed by atoms with E-state index in [0.717, 1.165) is 35.3 Å². The largest absolute Gasteiger partial charge is 0.449 e. The van der Waals surface area contributed by atoms with Crippen molar-refractivity contribution in [3.8, 4) is 6.07 Å². The predicted molar refractivity (Wildman–Crippen MR) is 120 cm³/mol. The summed E-state index contributed by atoms with van der Waals surface area (Å²) in [5.41, 5.74) is 2.36. The van der Waals surface area contributed by atoms with Crippen LogP contribution >= 0.6 is 11.3 Å². The van der Waals surface area contributed by atoms with E-state index in [9.17, 15) is 14.9 Å². The quantitative estimate of drug-likeness (QED) is 0.699. The summed E-state index contributed by atoms with van der Waals surface area (Å²) in [5.74, 6) is -0.0911. The Balaban J connectivity index is 1.36. The number of amides is 2. The van der Waals surface area contributed by atoms with Crippen LogP contribution < -0.4 is 5.32 Å². The molecule has 1 atom stereocenters. The Bertz CT molecular complexity index is 1040. The summed E-state index contributed by atoms with van der Waals surface area (Å²) in [4.78, 5) is 31.4. The van der Waals surface area contributed by atoms with Crippen LogP contribution in [0.25, 0.3) is 6.08 Å². The smallest absolute Gasteiger partial charge is 0.409 e. The van der Waals surface area contributed by atoms with E-state index in [2.05, 4.69) is 16.4 Å². The molecule has 1 aliphatic heterocycles. The van der Waals surface area contributed by atoms with Gasteiger partial charge in [0, 0.05) is 36.4 Å². The molecule has 0 spiro atoms. The van der Waals surface area contributed by atoms with Gasteiger partial charge >= 0.3 is 6.09 Å². The maximum atomic E-state index is 12.4. The lowest BCUT2D eigenvalue weighted by Crippen LogP contribution is -2.41. The minimum Gasteiger partial charge on any atom is -0.449 e. The number of nitrogens with zero attached hydrogens (tertiary/aromatic N) is 3. The Morgan fingerprint density at radius 3 is 3.00 bits per heavy atom. The van der Waals surface area contributed by atoms with Crippen LogP contribution in [0.1, 0.15) is 28.0 Å². The first kappa shape index (κ1) is 22.0. The number of ether oxygens (including phenoxy) is 2. The van der Waals surface area contributed by atoms with Gasteiger partial charge in [-0.2, -0.15) is 5.26 Å². The molecular formula is C23H24N4O4S. The molecule has 2 aromatic rings. The molecule has 3 heterocycles. The summed E-state index contributed by atoms with van der Waals surface area (Å²) in [6.07, 6.45) is 8.46. The third-order valence-corrected chi connectivity index (χ3v) is 6.71. The summed E-state index contributed by atoms with van der Waals surface area (Å²) < 4.78 is 10.8. The molecule has 1 fully saturated rings. The van der Waals surface area contributed by atoms with Crippen molar-refractivity contribution in [2.75, 3.05) is 38.2 Å². The fourth-order valence-corrected chi connectivity index (χ4v) is 5.14. The second kappa shape index (κ2) is 10.4. The molecule has 9 heteroatoms. The number of carbonyl (C=O) groups is 2. The van der Waals surface area contributed by atoms with Gasteiger partial charge in [0.1, 0.15) is 11.1 Å². The standard InChI is InChI=1S/C23H24N4O4S/c24-13-19-18-5-3-17(15-31-23(29)27-8-10-30-11-9-27)12-20(18)32-22(19)26-21(28)6-4-16-2-1-7-25-14-16/h1-2,4,6-7,14,17H,3,5,8-12,15H2,(H,26,28)/b6-4+. The van der Waals surface area contributed by atoms with Crippen LogP contribution in [0.2, 0.25) is 0 Å². The van der Waals surface area contributed by atoms with Crippen LogP contribution in [0.4, 0.5) is 9.80 Å². The van der Waals surface area contributed by atoms with Crippen molar-refractivity contribution in [1.82, 2.24) is 9.88 Å². The molecule has 166 valence electrons. The minimum absolute atomic E-state index is 0.201. The molecule has 1 saturated heterocycles. The van der Waals surface area contributed by atoms with E-state index in [4.69, 9.17) is 9.47 Å². The SMILES string of the molecule is N#Cc1c(NC(=O)/C=C/c2cccnc2)sc2c1CCC(COC(=O)N1CCOCC1)C2. The van der Waals surface area contributed by atoms with Gasteiger partial charge in [-0.3, -0.25) is 9.78 Å². The Morgan fingerprint density at radius 1 is 1.41 bits per heavy atom. The lowest BCUT2D eigenvalue weighted by Gasteiger charge is -2.27. The van der Waals surface area contributed by atoms with Gasteiger partial charge in [0.2, 0.25) is 5.91 Å². The van der Waals surface area contributed by atoms with Crippen molar-refractivity contribution in [3.63, 3.8) is 0 Å². The molecule has 2 aliphatic rings. The molecule has 0 saturated carbocycles. The third-order valence-electron chi connectivity index (χ3n) is 5.54. The number of rotatable bonds is 5. The van der Waals surface area contributed by atoms with Crippen LogP contribution in [0.15, 0.2) is 30.6 Å². The normalized spacial score (nSPS) is 18.1. The number of carbonyl (C=O) groups excluding carboxylic acids is 2. The number of nitrogens with one attached hydrogen (secondary N) is 1. The molecule has 1 N–H and O–H groups in total. The van der Waals surface area contributed by atoms with E-state index in [1.54, 1.807) is 29.4 Å². The summed E-state index contributed by atoms with van der Waals surface area (Å²) in [6.45, 7) is 2.55. The Labute approximate surface area is 190 Å². The number of hydrogen-bond donors (Lipinski definition) is 1. The van der Waals surface area contributed by atoms with E-state index >= 15 is 0 Å². The van der Waals surface area contributed by atoms with Crippen molar-refractivity contribution >= 4 is 34.4 Å². The Morgan fingerprint density at radius 2 is 2.25 bits per heavy atom. The van der Waals surface area contributed by atoms with Crippen molar-refractivity contribution in [2.45, 2.75) is 19.3 Å². The average molecular weight is 453 g/mol. The molecule has 0 bridgehead atoms. The van der Waals surface area contributed by atoms with E-state index in [1.165, 1.54) is 17.4 Å². The topological polar surface area (TPSA) is 105 Å². The molecule has 2 amide bonds. The Hall–Kier alpha value is -3.22. The number of nitriles is 1. The molecule has 4 rings (SSSR count). The second-order valence-electron chi connectivity index (χ2n) is 7.71. The van der Waals surface area contributed by atoms with Gasteiger partial charge in [-0.15, -0.1) is 11.3 Å². The van der Waals surface area contributed by atoms with Gasteiger partial charge in [0.15, 0.2) is 0 Å². The second-order valence-corrected chi connectivity index (χ2v) is 8.82. The molecular weight excluding hydrogens is 428 g/mol. The number of pyridine rings is 1. The first-order valence-electron chi connectivity index (χ1n) is 10.6. The number of aromatic nitrogens is 1. The van der Waals surface area contributed by atoms with Crippen molar-refractivity contribution in [3.05, 3.63) is 52.2 Å². The van der Waals surface area contributed by atoms with Gasteiger partial charge in [0.25, 0.3) is 0 Å². The maximum Gasteiger partial charge on any atom is 0.409 e. The molecule has 32 heavy (non-hydrogen) atoms. The van der Waals surface area contributed by atoms with Crippen LogP contribution in [-0.2, 0) is 27.1 Å². The molecule has 1 aliphatic carbocycles. The van der Waals surface area contributed by atoms with E-state index in [0.29, 0.717) is 43.5 Å². The fourth-order valence-electron chi connectivity index (χ4n) is 3.83. The van der Waals surface area contributed by atoms with Crippen molar-refractivity contribution in [2.24, 2.45) is 5.92 Å². The predicted octanol–water partition coefficient (Wildman–Crippen LogP) is 3.24. The van der Waals surface area contributed by atoms with Crippen LogP contribution in [0.3, 0.4) is 0 Å². The number of hydrogen-bond acceptors (Lipinski definition) is 7. The zero-order valence-electron chi connectivity index (χ0n) is 17.6. The lowest BCUT2D eigenvalue weighted by molar-refractivity contribution is -0.111. The minimum atomic E-state index is -0.295. The highest BCUT2D eigenvalue weighted by Crippen LogP contribution is 2.39. The first-order chi connectivity index (χ1) is 15.6. The van der Waals surface area contributed by atoms with Crippen LogP contribution in [0.5, 0.6) is 0 Å². The summed E-state index contributed by atoms with van der Waals surface area (Å²) in [7, 11) is 0. The third kappa shape index (κ3) is 5.33. The van der Waals surface area contributed by atoms with Crippen molar-refractivity contribution < 1.29 is 19.1 Å². The summed E-state index contributed by atoms with van der Waals surface area (Å²) in [5, 5.41) is 13.1. The van der Waals surface area contributed by atoms with Gasteiger partial charge in [-0.1, -0.05) is 6.07 Å². The Kier molecular flexibility index (Phi) is 7.14. The van der Waals surface area contributed by atoms with Gasteiger partial charge < -0.3 is 19.7 Å². The zero-order valence-corrected chi connectivity index (χ0v) is 18.4. The molecule has 1 unspecified atom stereocenters. The highest BCUT2D eigenvalue weighted by molar-refractivity contribution is 7.16. The average Bonchev–Trinajstić information content (AvgIpc) is 3.18. The monoisotopic (exact) mass is 452 g/mol. The van der Waals surface area contributed by atoms with Gasteiger partial charge in [0.05, 0.1) is 25.4 Å². The number of fused-ring (bicyclic) bond motifs is 1. The van der Waals surface area contributed by atoms with Gasteiger partial charge in [-0.05, 0) is 48.4 Å².